The van der Waals surface area contributed by atoms with Crippen molar-refractivity contribution in [3.05, 3.63) is 71.8 Å². The number of aliphatic imine (C=N–C) groups is 1. The molecule has 0 radical (unpaired) electrons. The monoisotopic (exact) mass is 308 g/mol. The lowest BCUT2D eigenvalue weighted by Crippen LogP contribution is -2.31. The van der Waals surface area contributed by atoms with E-state index in [4.69, 9.17) is 0 Å². The van der Waals surface area contributed by atoms with Crippen LogP contribution in [0.2, 0.25) is 0 Å². The standard InChI is InChI=1S/C19H20N2O2/c1-19(2,3)16(14-10-6-4-7-11-14)20-18(23)21-17(22)15-12-8-5-9-13-15/h4-13H,1-3H3,(H,21,22,23). The van der Waals surface area contributed by atoms with Crippen LogP contribution in [-0.2, 0) is 0 Å². The van der Waals surface area contributed by atoms with Crippen molar-refractivity contribution in [1.82, 2.24) is 5.32 Å². The van der Waals surface area contributed by atoms with E-state index in [-0.39, 0.29) is 5.41 Å². The highest BCUT2D eigenvalue weighted by Gasteiger charge is 2.22. The van der Waals surface area contributed by atoms with Crippen molar-refractivity contribution in [1.29, 1.82) is 0 Å². The fraction of sp³-hybridized carbons (Fsp3) is 0.211. The van der Waals surface area contributed by atoms with Crippen LogP contribution < -0.4 is 5.32 Å². The van der Waals surface area contributed by atoms with E-state index in [1.54, 1.807) is 24.3 Å². The number of hydrogen-bond acceptors (Lipinski definition) is 2. The summed E-state index contributed by atoms with van der Waals surface area (Å²) in [6, 6.07) is 17.4. The van der Waals surface area contributed by atoms with Gasteiger partial charge in [0, 0.05) is 11.0 Å². The zero-order valence-electron chi connectivity index (χ0n) is 13.5. The Bertz CT molecular complexity index is 714. The predicted octanol–water partition coefficient (Wildman–Crippen LogP) is 4.07. The number of benzene rings is 2. The molecule has 0 aromatic heterocycles. The number of hydrogen-bond donors (Lipinski definition) is 1. The molecule has 2 aromatic carbocycles. The second-order valence-corrected chi connectivity index (χ2v) is 6.20. The third-order valence-corrected chi connectivity index (χ3v) is 3.23. The Hall–Kier alpha value is -2.75. The smallest absolute Gasteiger partial charge is 0.272 e. The van der Waals surface area contributed by atoms with Crippen LogP contribution in [0.1, 0.15) is 36.7 Å². The first-order valence-electron chi connectivity index (χ1n) is 7.43. The SMILES string of the molecule is CC(C)(C)C(=NC(=O)NC(=O)c1ccccc1)c1ccccc1. The maximum atomic E-state index is 12.1. The fourth-order valence-electron chi connectivity index (χ4n) is 2.15. The summed E-state index contributed by atoms with van der Waals surface area (Å²) in [5.74, 6) is -0.458. The average molecular weight is 308 g/mol. The van der Waals surface area contributed by atoms with Gasteiger partial charge in [0.15, 0.2) is 0 Å². The van der Waals surface area contributed by atoms with E-state index in [1.807, 2.05) is 57.2 Å². The number of urea groups is 1. The summed E-state index contributed by atoms with van der Waals surface area (Å²) < 4.78 is 0. The second kappa shape index (κ2) is 7.01. The maximum absolute atomic E-state index is 12.1. The Morgan fingerprint density at radius 3 is 1.78 bits per heavy atom. The van der Waals surface area contributed by atoms with Gasteiger partial charge in [0.2, 0.25) is 0 Å². The minimum atomic E-state index is -0.660. The molecule has 4 heteroatoms. The normalized spacial score (nSPS) is 11.9. The van der Waals surface area contributed by atoms with Gasteiger partial charge in [-0.05, 0) is 17.7 Å². The molecule has 4 nitrogen and oxygen atoms in total. The van der Waals surface area contributed by atoms with Gasteiger partial charge in [-0.2, -0.15) is 4.99 Å². The van der Waals surface area contributed by atoms with Crippen LogP contribution >= 0.6 is 0 Å². The van der Waals surface area contributed by atoms with Gasteiger partial charge in [-0.15, -0.1) is 0 Å². The van der Waals surface area contributed by atoms with Crippen molar-refractivity contribution in [3.63, 3.8) is 0 Å². The number of carbonyl (C=O) groups excluding carboxylic acids is 2. The van der Waals surface area contributed by atoms with Gasteiger partial charge in [0.1, 0.15) is 0 Å². The van der Waals surface area contributed by atoms with E-state index in [1.165, 1.54) is 0 Å². The Balaban J connectivity index is 2.23. The average Bonchev–Trinajstić information content (AvgIpc) is 2.53. The van der Waals surface area contributed by atoms with E-state index in [0.717, 1.165) is 5.56 Å². The molecule has 1 N–H and O–H groups in total. The molecule has 0 atom stereocenters. The molecule has 2 rings (SSSR count). The van der Waals surface area contributed by atoms with Gasteiger partial charge in [-0.3, -0.25) is 10.1 Å². The predicted molar refractivity (Wildman–Crippen MR) is 91.7 cm³/mol. The molecule has 23 heavy (non-hydrogen) atoms. The third-order valence-electron chi connectivity index (χ3n) is 3.23. The van der Waals surface area contributed by atoms with Crippen LogP contribution in [-0.4, -0.2) is 17.6 Å². The Labute approximate surface area is 136 Å². The van der Waals surface area contributed by atoms with Crippen molar-refractivity contribution in [3.8, 4) is 0 Å². The summed E-state index contributed by atoms with van der Waals surface area (Å²) in [6.07, 6.45) is 0. The summed E-state index contributed by atoms with van der Waals surface area (Å²) >= 11 is 0. The van der Waals surface area contributed by atoms with Crippen LogP contribution in [0.3, 0.4) is 0 Å². The molecule has 0 saturated heterocycles. The van der Waals surface area contributed by atoms with E-state index in [0.29, 0.717) is 11.3 Å². The first-order chi connectivity index (χ1) is 10.9. The van der Waals surface area contributed by atoms with Gasteiger partial charge in [0.25, 0.3) is 5.91 Å². The summed E-state index contributed by atoms with van der Waals surface area (Å²) in [4.78, 5) is 28.3. The van der Waals surface area contributed by atoms with Crippen molar-refractivity contribution >= 4 is 17.6 Å². The highest BCUT2D eigenvalue weighted by atomic mass is 16.2. The largest absolute Gasteiger partial charge is 0.348 e. The minimum absolute atomic E-state index is 0.325. The molecule has 118 valence electrons. The lowest BCUT2D eigenvalue weighted by Gasteiger charge is -2.21. The third kappa shape index (κ3) is 4.61. The Morgan fingerprint density at radius 1 is 0.826 bits per heavy atom. The van der Waals surface area contributed by atoms with Crippen LogP contribution in [0, 0.1) is 5.41 Å². The number of nitrogens with one attached hydrogen (secondary N) is 1. The maximum Gasteiger partial charge on any atom is 0.348 e. The highest BCUT2D eigenvalue weighted by molar-refractivity contribution is 6.12. The van der Waals surface area contributed by atoms with Gasteiger partial charge in [-0.1, -0.05) is 69.3 Å². The lowest BCUT2D eigenvalue weighted by molar-refractivity contribution is 0.0966. The minimum Gasteiger partial charge on any atom is -0.272 e. The number of carbonyl (C=O) groups is 2. The molecule has 0 bridgehead atoms. The molecule has 0 aliphatic rings. The molecular weight excluding hydrogens is 288 g/mol. The second-order valence-electron chi connectivity index (χ2n) is 6.20. The topological polar surface area (TPSA) is 58.5 Å². The molecule has 0 spiro atoms. The summed E-state index contributed by atoms with van der Waals surface area (Å²) in [7, 11) is 0. The van der Waals surface area contributed by atoms with Gasteiger partial charge >= 0.3 is 6.03 Å². The van der Waals surface area contributed by atoms with Crippen LogP contribution in [0.25, 0.3) is 0 Å². The first kappa shape index (κ1) is 16.6. The summed E-state index contributed by atoms with van der Waals surface area (Å²) in [6.45, 7) is 5.93. The van der Waals surface area contributed by atoms with E-state index < -0.39 is 11.9 Å². The molecule has 2 aromatic rings. The van der Waals surface area contributed by atoms with E-state index >= 15 is 0 Å². The zero-order chi connectivity index (χ0) is 16.9. The Morgan fingerprint density at radius 2 is 1.30 bits per heavy atom. The van der Waals surface area contributed by atoms with Crippen LogP contribution in [0.15, 0.2) is 65.7 Å². The van der Waals surface area contributed by atoms with Crippen molar-refractivity contribution < 1.29 is 9.59 Å². The molecule has 0 aliphatic heterocycles. The van der Waals surface area contributed by atoms with Crippen LogP contribution in [0.5, 0.6) is 0 Å². The van der Waals surface area contributed by atoms with Crippen molar-refractivity contribution in [2.45, 2.75) is 20.8 Å². The number of amides is 3. The summed E-state index contributed by atoms with van der Waals surface area (Å²) in [5.41, 5.74) is 1.60. The van der Waals surface area contributed by atoms with Gasteiger partial charge in [0.05, 0.1) is 5.71 Å². The molecule has 0 unspecified atom stereocenters. The number of rotatable bonds is 2. The molecular formula is C19H20N2O2. The van der Waals surface area contributed by atoms with Gasteiger partial charge in [-0.25, -0.2) is 4.79 Å². The number of nitrogens with zero attached hydrogens (tertiary/aromatic N) is 1. The molecule has 0 aliphatic carbocycles. The zero-order valence-corrected chi connectivity index (χ0v) is 13.5. The van der Waals surface area contributed by atoms with Gasteiger partial charge < -0.3 is 0 Å². The van der Waals surface area contributed by atoms with Crippen molar-refractivity contribution in [2.24, 2.45) is 10.4 Å². The highest BCUT2D eigenvalue weighted by Crippen LogP contribution is 2.22. The molecule has 0 saturated carbocycles. The van der Waals surface area contributed by atoms with Crippen molar-refractivity contribution in [2.75, 3.05) is 0 Å². The molecule has 3 amide bonds. The number of imide groups is 1. The summed E-state index contributed by atoms with van der Waals surface area (Å²) in [5, 5.41) is 2.30. The first-order valence-corrected chi connectivity index (χ1v) is 7.43. The van der Waals surface area contributed by atoms with E-state index in [9.17, 15) is 9.59 Å². The Kier molecular flexibility index (Phi) is 5.06. The quantitative estimate of drug-likeness (QED) is 0.850. The molecule has 0 heterocycles. The van der Waals surface area contributed by atoms with Crippen LogP contribution in [0.4, 0.5) is 4.79 Å². The molecule has 0 fully saturated rings. The fourth-order valence-corrected chi connectivity index (χ4v) is 2.15. The van der Waals surface area contributed by atoms with E-state index in [2.05, 4.69) is 10.3 Å². The lowest BCUT2D eigenvalue weighted by atomic mass is 9.85.